The Morgan fingerprint density at radius 1 is 0.900 bits per heavy atom. The molecule has 0 aromatic heterocycles. The number of unbranched alkanes of at least 4 members (excludes halogenated alkanes) is 1. The second kappa shape index (κ2) is 16.9. The van der Waals surface area contributed by atoms with Gasteiger partial charge in [0.2, 0.25) is 17.7 Å². The van der Waals surface area contributed by atoms with E-state index in [1.165, 1.54) is 0 Å². The molecule has 0 spiro atoms. The van der Waals surface area contributed by atoms with Crippen molar-refractivity contribution in [2.75, 3.05) is 6.61 Å². The summed E-state index contributed by atoms with van der Waals surface area (Å²) in [4.78, 5) is 65.3. The van der Waals surface area contributed by atoms with Crippen LogP contribution in [-0.2, 0) is 28.7 Å². The highest BCUT2D eigenvalue weighted by atomic mass is 16.6. The van der Waals surface area contributed by atoms with E-state index in [1.54, 1.807) is 32.9 Å². The maximum Gasteiger partial charge on any atom is 0.408 e. The molecule has 228 valence electrons. The number of amides is 4. The third-order valence-electron chi connectivity index (χ3n) is 5.94. The lowest BCUT2D eigenvalue weighted by Crippen LogP contribution is -2.58. The van der Waals surface area contributed by atoms with Gasteiger partial charge in [-0.1, -0.05) is 53.2 Å². The van der Waals surface area contributed by atoms with Gasteiger partial charge in [-0.2, -0.15) is 0 Å². The lowest BCUT2D eigenvalue weighted by molar-refractivity contribution is -0.148. The summed E-state index contributed by atoms with van der Waals surface area (Å²) in [7, 11) is 0. The summed E-state index contributed by atoms with van der Waals surface area (Å²) in [6.45, 7) is 15.0. The van der Waals surface area contributed by atoms with E-state index in [9.17, 15) is 24.0 Å². The predicted octanol–water partition coefficient (Wildman–Crippen LogP) is 3.12. The molecule has 4 atom stereocenters. The Balaban J connectivity index is 3.37. The van der Waals surface area contributed by atoms with Crippen molar-refractivity contribution in [3.8, 4) is 0 Å². The van der Waals surface area contributed by atoms with Gasteiger partial charge in [-0.05, 0) is 64.7 Å². The first kappa shape index (κ1) is 34.9. The molecule has 1 aliphatic rings. The fourth-order valence-electron chi connectivity index (χ4n) is 4.00. The highest BCUT2D eigenvalue weighted by Crippen LogP contribution is 2.12. The van der Waals surface area contributed by atoms with Gasteiger partial charge in [0, 0.05) is 0 Å². The number of esters is 1. The van der Waals surface area contributed by atoms with E-state index in [1.807, 2.05) is 34.6 Å². The number of rotatable bonds is 9. The largest absolute Gasteiger partial charge is 0.464 e. The second-order valence-electron chi connectivity index (χ2n) is 12.1. The van der Waals surface area contributed by atoms with Gasteiger partial charge in [-0.3, -0.25) is 14.4 Å². The Bertz CT molecular complexity index is 895. The molecule has 1 rings (SSSR count). The van der Waals surface area contributed by atoms with Crippen LogP contribution in [0.3, 0.4) is 0 Å². The summed E-state index contributed by atoms with van der Waals surface area (Å²) in [5.74, 6) is -2.05. The Labute approximate surface area is 238 Å². The zero-order valence-electron chi connectivity index (χ0n) is 25.4. The zero-order valence-corrected chi connectivity index (χ0v) is 25.4. The Morgan fingerprint density at radius 3 is 1.95 bits per heavy atom. The van der Waals surface area contributed by atoms with Crippen LogP contribution in [0.25, 0.3) is 0 Å². The van der Waals surface area contributed by atoms with Crippen molar-refractivity contribution in [3.63, 3.8) is 0 Å². The molecule has 0 aromatic carbocycles. The number of nitrogens with one attached hydrogen (secondary N) is 4. The number of hydrogen-bond donors (Lipinski definition) is 4. The molecule has 40 heavy (non-hydrogen) atoms. The van der Waals surface area contributed by atoms with Crippen molar-refractivity contribution in [3.05, 3.63) is 12.2 Å². The molecule has 0 aromatic rings. The molecule has 0 unspecified atom stereocenters. The number of carbonyl (C=O) groups excluding carboxylic acids is 5. The minimum absolute atomic E-state index is 0.0479. The SMILES string of the molecule is CCCCOC(=O)[C@@H]1C/C=C/C[C@H](NC(=O)OC(C)(C)C)C(=O)N[C@@H](CC(C)C)C(=O)N[C@@H](CC(C)C)C(=O)N1. The molecule has 0 aliphatic carbocycles. The standard InChI is InChI=1S/C29H50N4O7/c1-9-10-15-39-27(37)21-14-12-11-13-20(33-28(38)40-29(6,7)8)24(34)31-23(17-19(4)5)26(36)32-22(16-18(2)3)25(35)30-21/h11-12,18-23H,9-10,13-17H2,1-8H3,(H,30,35)(H,31,34)(H,32,36)(H,33,38)/b12-11+/t20-,21-,22-,23-/m0/s1. The van der Waals surface area contributed by atoms with Crippen LogP contribution in [0.4, 0.5) is 4.79 Å². The molecule has 1 heterocycles. The van der Waals surface area contributed by atoms with E-state index in [0.717, 1.165) is 6.42 Å². The van der Waals surface area contributed by atoms with Gasteiger partial charge in [-0.25, -0.2) is 9.59 Å². The van der Waals surface area contributed by atoms with Crippen molar-refractivity contribution >= 4 is 29.8 Å². The van der Waals surface area contributed by atoms with E-state index in [2.05, 4.69) is 21.3 Å². The Hall–Kier alpha value is -3.11. The van der Waals surface area contributed by atoms with Gasteiger partial charge < -0.3 is 30.7 Å². The van der Waals surface area contributed by atoms with Crippen LogP contribution < -0.4 is 21.3 Å². The molecular weight excluding hydrogens is 516 g/mol. The molecule has 4 N–H and O–H groups in total. The van der Waals surface area contributed by atoms with E-state index < -0.39 is 59.6 Å². The Kier molecular flexibility index (Phi) is 14.7. The molecule has 11 heteroatoms. The molecule has 0 saturated heterocycles. The Morgan fingerprint density at radius 2 is 1.43 bits per heavy atom. The van der Waals surface area contributed by atoms with E-state index >= 15 is 0 Å². The van der Waals surface area contributed by atoms with Gasteiger partial charge in [0.25, 0.3) is 0 Å². The van der Waals surface area contributed by atoms with Crippen molar-refractivity contribution in [2.24, 2.45) is 11.8 Å². The van der Waals surface area contributed by atoms with Crippen LogP contribution in [0.2, 0.25) is 0 Å². The molecule has 0 saturated carbocycles. The van der Waals surface area contributed by atoms with Gasteiger partial charge in [0.15, 0.2) is 0 Å². The van der Waals surface area contributed by atoms with Crippen LogP contribution in [0.1, 0.15) is 93.9 Å². The number of ether oxygens (including phenoxy) is 2. The van der Waals surface area contributed by atoms with Crippen molar-refractivity contribution < 1.29 is 33.4 Å². The average molecular weight is 567 g/mol. The van der Waals surface area contributed by atoms with Crippen LogP contribution in [0, 0.1) is 11.8 Å². The molecule has 4 amide bonds. The highest BCUT2D eigenvalue weighted by molar-refractivity contribution is 5.95. The third-order valence-corrected chi connectivity index (χ3v) is 5.94. The van der Waals surface area contributed by atoms with Gasteiger partial charge in [0.05, 0.1) is 6.61 Å². The topological polar surface area (TPSA) is 152 Å². The first-order valence-electron chi connectivity index (χ1n) is 14.3. The van der Waals surface area contributed by atoms with Crippen LogP contribution in [-0.4, -0.2) is 66.2 Å². The minimum atomic E-state index is -1.03. The van der Waals surface area contributed by atoms with Crippen LogP contribution in [0.5, 0.6) is 0 Å². The van der Waals surface area contributed by atoms with E-state index in [4.69, 9.17) is 9.47 Å². The molecule has 0 bridgehead atoms. The number of hydrogen-bond acceptors (Lipinski definition) is 7. The molecular formula is C29H50N4O7. The summed E-state index contributed by atoms with van der Waals surface area (Å²) in [6.07, 6.45) is 4.90. The smallest absolute Gasteiger partial charge is 0.408 e. The monoisotopic (exact) mass is 566 g/mol. The summed E-state index contributed by atoms with van der Waals surface area (Å²) >= 11 is 0. The lowest BCUT2D eigenvalue weighted by Gasteiger charge is -2.28. The summed E-state index contributed by atoms with van der Waals surface area (Å²) in [5, 5.41) is 10.9. The summed E-state index contributed by atoms with van der Waals surface area (Å²) in [5.41, 5.74) is -0.771. The highest BCUT2D eigenvalue weighted by Gasteiger charge is 2.33. The summed E-state index contributed by atoms with van der Waals surface area (Å²) < 4.78 is 10.7. The molecule has 0 radical (unpaired) electrons. The number of alkyl carbamates (subject to hydrolysis) is 1. The maximum atomic E-state index is 13.4. The van der Waals surface area contributed by atoms with Crippen molar-refractivity contribution in [1.29, 1.82) is 0 Å². The fraction of sp³-hybridized carbons (Fsp3) is 0.759. The minimum Gasteiger partial charge on any atom is -0.464 e. The van der Waals surface area contributed by atoms with Crippen molar-refractivity contribution in [1.82, 2.24) is 21.3 Å². The van der Waals surface area contributed by atoms with Gasteiger partial charge in [-0.15, -0.1) is 0 Å². The van der Waals surface area contributed by atoms with Crippen molar-refractivity contribution in [2.45, 2.75) is 124 Å². The predicted molar refractivity (Wildman–Crippen MR) is 152 cm³/mol. The molecule has 1 aliphatic heterocycles. The van der Waals surface area contributed by atoms with Crippen LogP contribution in [0.15, 0.2) is 12.2 Å². The van der Waals surface area contributed by atoms with Gasteiger partial charge >= 0.3 is 12.1 Å². The molecule has 0 fully saturated rings. The number of carbonyl (C=O) groups is 5. The fourth-order valence-corrected chi connectivity index (χ4v) is 4.00. The first-order chi connectivity index (χ1) is 18.6. The second-order valence-corrected chi connectivity index (χ2v) is 12.1. The van der Waals surface area contributed by atoms with E-state index in [0.29, 0.717) is 19.3 Å². The normalized spacial score (nSPS) is 23.9. The molecule has 11 nitrogen and oxygen atoms in total. The third kappa shape index (κ3) is 13.8. The van der Waals surface area contributed by atoms with E-state index in [-0.39, 0.29) is 31.3 Å². The zero-order chi connectivity index (χ0) is 30.5. The van der Waals surface area contributed by atoms with Gasteiger partial charge in [0.1, 0.15) is 29.8 Å². The van der Waals surface area contributed by atoms with Crippen LogP contribution >= 0.6 is 0 Å². The summed E-state index contributed by atoms with van der Waals surface area (Å²) in [6, 6.07) is -3.88. The lowest BCUT2D eigenvalue weighted by atomic mass is 9.99. The quantitative estimate of drug-likeness (QED) is 0.190. The maximum absolute atomic E-state index is 13.4. The first-order valence-corrected chi connectivity index (χ1v) is 14.3. The average Bonchev–Trinajstić information content (AvgIpc) is 2.81.